The highest BCUT2D eigenvalue weighted by atomic mass is 79.9. The van der Waals surface area contributed by atoms with Crippen LogP contribution in [0.1, 0.15) is 11.1 Å². The lowest BCUT2D eigenvalue weighted by Crippen LogP contribution is -2.04. The molecule has 0 heterocycles. The molecule has 122 valence electrons. The van der Waals surface area contributed by atoms with Crippen molar-refractivity contribution in [3.05, 3.63) is 52.0 Å². The number of ether oxygens (including phenoxy) is 1. The third-order valence-corrected chi connectivity index (χ3v) is 3.36. The topological polar surface area (TPSA) is 53.8 Å². The number of hydrogen-bond acceptors (Lipinski definition) is 4. The van der Waals surface area contributed by atoms with Crippen molar-refractivity contribution < 1.29 is 23.0 Å². The summed E-state index contributed by atoms with van der Waals surface area (Å²) in [7, 11) is 1.42. The van der Waals surface area contributed by atoms with Gasteiger partial charge in [0.15, 0.2) is 11.5 Å². The first kappa shape index (κ1) is 17.1. The molecule has 4 nitrogen and oxygen atoms in total. The number of alkyl halides is 3. The van der Waals surface area contributed by atoms with E-state index >= 15 is 0 Å². The second-order valence-electron chi connectivity index (χ2n) is 4.49. The van der Waals surface area contributed by atoms with Gasteiger partial charge in [-0.25, -0.2) is 0 Å². The first-order valence-electron chi connectivity index (χ1n) is 6.34. The molecule has 0 spiro atoms. The summed E-state index contributed by atoms with van der Waals surface area (Å²) in [5.41, 5.74) is 2.63. The molecule has 0 bridgehead atoms. The molecular formula is C15H12BrF3N2O2. The Morgan fingerprint density at radius 3 is 2.43 bits per heavy atom. The molecule has 0 aromatic heterocycles. The maximum atomic E-state index is 12.5. The number of aromatic hydroxyl groups is 1. The molecule has 0 saturated heterocycles. The zero-order chi connectivity index (χ0) is 17.0. The van der Waals surface area contributed by atoms with Crippen LogP contribution < -0.4 is 10.2 Å². The highest BCUT2D eigenvalue weighted by Crippen LogP contribution is 2.32. The van der Waals surface area contributed by atoms with Crippen LogP contribution in [0.3, 0.4) is 0 Å². The van der Waals surface area contributed by atoms with Crippen LogP contribution in [-0.2, 0) is 6.18 Å². The average molecular weight is 389 g/mol. The molecule has 2 aromatic carbocycles. The van der Waals surface area contributed by atoms with Crippen LogP contribution in [0.25, 0.3) is 0 Å². The molecule has 0 aliphatic heterocycles. The lowest BCUT2D eigenvalue weighted by atomic mass is 10.2. The molecule has 0 radical (unpaired) electrons. The minimum atomic E-state index is -4.37. The van der Waals surface area contributed by atoms with Crippen molar-refractivity contribution in [2.45, 2.75) is 6.18 Å². The van der Waals surface area contributed by atoms with Gasteiger partial charge in [0.05, 0.1) is 24.6 Å². The fourth-order valence-corrected chi connectivity index (χ4v) is 2.21. The predicted octanol–water partition coefficient (Wildman–Crippen LogP) is 4.63. The van der Waals surface area contributed by atoms with Crippen LogP contribution in [-0.4, -0.2) is 18.4 Å². The number of rotatable bonds is 4. The number of halogens is 4. The van der Waals surface area contributed by atoms with Gasteiger partial charge < -0.3 is 9.84 Å². The first-order valence-corrected chi connectivity index (χ1v) is 7.13. The van der Waals surface area contributed by atoms with E-state index in [2.05, 4.69) is 26.5 Å². The second-order valence-corrected chi connectivity index (χ2v) is 5.41. The highest BCUT2D eigenvalue weighted by Gasteiger charge is 2.29. The quantitative estimate of drug-likeness (QED) is 0.593. The molecule has 2 N–H and O–H groups in total. The number of hydrogen-bond donors (Lipinski definition) is 2. The summed E-state index contributed by atoms with van der Waals surface area (Å²) < 4.78 is 43.0. The van der Waals surface area contributed by atoms with Crippen molar-refractivity contribution in [2.24, 2.45) is 5.10 Å². The Kier molecular flexibility index (Phi) is 5.15. The van der Waals surface area contributed by atoms with E-state index < -0.39 is 11.7 Å². The van der Waals surface area contributed by atoms with Crippen molar-refractivity contribution in [3.63, 3.8) is 0 Å². The fourth-order valence-electron chi connectivity index (χ4n) is 1.76. The maximum absolute atomic E-state index is 12.5. The number of phenolic OH excluding ortho intramolecular Hbond substituents is 1. The van der Waals surface area contributed by atoms with Gasteiger partial charge in [0.1, 0.15) is 0 Å². The Morgan fingerprint density at radius 1 is 1.22 bits per heavy atom. The summed E-state index contributed by atoms with van der Waals surface area (Å²) in [4.78, 5) is 0. The van der Waals surface area contributed by atoms with Crippen molar-refractivity contribution in [1.29, 1.82) is 0 Å². The molecule has 2 aromatic rings. The molecular weight excluding hydrogens is 377 g/mol. The minimum Gasteiger partial charge on any atom is -0.504 e. The highest BCUT2D eigenvalue weighted by molar-refractivity contribution is 9.10. The molecule has 0 unspecified atom stereocenters. The molecule has 0 aliphatic rings. The van der Waals surface area contributed by atoms with E-state index in [9.17, 15) is 18.3 Å². The summed E-state index contributed by atoms with van der Waals surface area (Å²) in [5.74, 6) is 0.184. The SMILES string of the molecule is COc1cc(Br)cc(C=NNc2ccc(C(F)(F)F)cc2)c1O. The number of nitrogens with zero attached hydrogens (tertiary/aromatic N) is 1. The normalized spacial score (nSPS) is 11.7. The number of phenols is 1. The van der Waals surface area contributed by atoms with E-state index in [1.54, 1.807) is 12.1 Å². The summed E-state index contributed by atoms with van der Waals surface area (Å²) in [5, 5.41) is 13.8. The summed E-state index contributed by atoms with van der Waals surface area (Å²) >= 11 is 3.27. The fraction of sp³-hybridized carbons (Fsp3) is 0.133. The Hall–Kier alpha value is -2.22. The predicted molar refractivity (Wildman–Crippen MR) is 85.0 cm³/mol. The summed E-state index contributed by atoms with van der Waals surface area (Å²) in [6.07, 6.45) is -3.04. The first-order chi connectivity index (χ1) is 10.8. The van der Waals surface area contributed by atoms with Gasteiger partial charge in [-0.3, -0.25) is 5.43 Å². The van der Waals surface area contributed by atoms with Gasteiger partial charge in [0, 0.05) is 10.0 Å². The Labute approximate surface area is 138 Å². The maximum Gasteiger partial charge on any atom is 0.416 e. The Morgan fingerprint density at radius 2 is 1.87 bits per heavy atom. The number of methoxy groups -OCH3 is 1. The molecule has 0 atom stereocenters. The van der Waals surface area contributed by atoms with Gasteiger partial charge in [-0.05, 0) is 36.4 Å². The molecule has 23 heavy (non-hydrogen) atoms. The van der Waals surface area contributed by atoms with Crippen molar-refractivity contribution >= 4 is 27.8 Å². The van der Waals surface area contributed by atoms with Gasteiger partial charge in [-0.15, -0.1) is 0 Å². The number of anilines is 1. The zero-order valence-electron chi connectivity index (χ0n) is 11.9. The van der Waals surface area contributed by atoms with E-state index in [0.717, 1.165) is 12.1 Å². The monoisotopic (exact) mass is 388 g/mol. The Balaban J connectivity index is 2.12. The summed E-state index contributed by atoms with van der Waals surface area (Å²) in [6, 6.07) is 7.66. The minimum absolute atomic E-state index is 0.0892. The Bertz CT molecular complexity index is 716. The number of nitrogens with one attached hydrogen (secondary N) is 1. The van der Waals surface area contributed by atoms with Crippen LogP contribution in [0, 0.1) is 0 Å². The molecule has 0 aliphatic carbocycles. The van der Waals surface area contributed by atoms with E-state index in [1.165, 1.54) is 25.5 Å². The van der Waals surface area contributed by atoms with Crippen LogP contribution in [0.2, 0.25) is 0 Å². The van der Waals surface area contributed by atoms with Crippen LogP contribution in [0.5, 0.6) is 11.5 Å². The van der Waals surface area contributed by atoms with E-state index in [-0.39, 0.29) is 11.5 Å². The summed E-state index contributed by atoms with van der Waals surface area (Å²) in [6.45, 7) is 0. The van der Waals surface area contributed by atoms with Crippen LogP contribution in [0.4, 0.5) is 18.9 Å². The number of benzene rings is 2. The third-order valence-electron chi connectivity index (χ3n) is 2.90. The molecule has 0 fully saturated rings. The van der Waals surface area contributed by atoms with Crippen molar-refractivity contribution in [1.82, 2.24) is 0 Å². The van der Waals surface area contributed by atoms with Gasteiger partial charge in [-0.2, -0.15) is 18.3 Å². The van der Waals surface area contributed by atoms with Crippen LogP contribution >= 0.6 is 15.9 Å². The van der Waals surface area contributed by atoms with Crippen LogP contribution in [0.15, 0.2) is 46.0 Å². The van der Waals surface area contributed by atoms with E-state index in [1.807, 2.05) is 0 Å². The van der Waals surface area contributed by atoms with Crippen molar-refractivity contribution in [3.8, 4) is 11.5 Å². The lowest BCUT2D eigenvalue weighted by Gasteiger charge is -2.08. The number of hydrazone groups is 1. The molecule has 0 saturated carbocycles. The molecule has 2 rings (SSSR count). The zero-order valence-corrected chi connectivity index (χ0v) is 13.4. The smallest absolute Gasteiger partial charge is 0.416 e. The van der Waals surface area contributed by atoms with Gasteiger partial charge in [0.2, 0.25) is 0 Å². The van der Waals surface area contributed by atoms with E-state index in [0.29, 0.717) is 15.7 Å². The van der Waals surface area contributed by atoms with Gasteiger partial charge in [-0.1, -0.05) is 15.9 Å². The lowest BCUT2D eigenvalue weighted by molar-refractivity contribution is -0.137. The van der Waals surface area contributed by atoms with Gasteiger partial charge >= 0.3 is 6.18 Å². The second kappa shape index (κ2) is 6.91. The largest absolute Gasteiger partial charge is 0.504 e. The standard InChI is InChI=1S/C15H12BrF3N2O2/c1-23-13-7-11(16)6-9(14(13)22)8-20-21-12-4-2-10(3-5-12)15(17,18)19/h2-8,21-22H,1H3. The van der Waals surface area contributed by atoms with Gasteiger partial charge in [0.25, 0.3) is 0 Å². The third kappa shape index (κ3) is 4.38. The molecule has 8 heteroatoms. The van der Waals surface area contributed by atoms with E-state index in [4.69, 9.17) is 4.74 Å². The average Bonchev–Trinajstić information content (AvgIpc) is 2.50. The molecule has 0 amide bonds. The van der Waals surface area contributed by atoms with Crippen molar-refractivity contribution in [2.75, 3.05) is 12.5 Å².